The summed E-state index contributed by atoms with van der Waals surface area (Å²) in [6.45, 7) is 3.93. The number of hydrogen-bond acceptors (Lipinski definition) is 4. The highest BCUT2D eigenvalue weighted by Gasteiger charge is 2.35. The van der Waals surface area contributed by atoms with Crippen LogP contribution in [0.3, 0.4) is 0 Å². The van der Waals surface area contributed by atoms with Gasteiger partial charge in [-0.15, -0.1) is 0 Å². The molecule has 1 aromatic rings. The van der Waals surface area contributed by atoms with E-state index in [-0.39, 0.29) is 12.5 Å². The number of aliphatic hydroxyl groups is 1. The second-order valence-corrected chi connectivity index (χ2v) is 3.84. The van der Waals surface area contributed by atoms with E-state index in [2.05, 4.69) is 4.98 Å². The molecule has 4 nitrogen and oxygen atoms in total. The van der Waals surface area contributed by atoms with Gasteiger partial charge >= 0.3 is 0 Å². The lowest BCUT2D eigenvalue weighted by atomic mass is 9.86. The lowest BCUT2D eigenvalue weighted by molar-refractivity contribution is -0.00735. The SMILES string of the molecule is COc1cccnc1C(O)(CN)C(C)C. The van der Waals surface area contributed by atoms with Crippen molar-refractivity contribution >= 4 is 0 Å². The van der Waals surface area contributed by atoms with Crippen LogP contribution < -0.4 is 10.5 Å². The molecule has 0 aliphatic heterocycles. The second kappa shape index (κ2) is 4.59. The Morgan fingerprint density at radius 3 is 2.73 bits per heavy atom. The number of rotatable bonds is 4. The predicted octanol–water partition coefficient (Wildman–Crippen LogP) is 0.892. The number of pyridine rings is 1. The average Bonchev–Trinajstić information content (AvgIpc) is 2.27. The molecule has 1 aromatic heterocycles. The first kappa shape index (κ1) is 11.9. The predicted molar refractivity (Wildman–Crippen MR) is 58.6 cm³/mol. The van der Waals surface area contributed by atoms with Gasteiger partial charge in [-0.25, -0.2) is 0 Å². The molecule has 0 aromatic carbocycles. The highest BCUT2D eigenvalue weighted by atomic mass is 16.5. The van der Waals surface area contributed by atoms with Gasteiger partial charge in [0.05, 0.1) is 7.11 Å². The molecule has 0 fully saturated rings. The molecule has 84 valence electrons. The van der Waals surface area contributed by atoms with Gasteiger partial charge in [0.15, 0.2) is 0 Å². The molecule has 0 saturated heterocycles. The third-order valence-corrected chi connectivity index (χ3v) is 2.67. The van der Waals surface area contributed by atoms with Crippen molar-refractivity contribution in [1.29, 1.82) is 0 Å². The molecular weight excluding hydrogens is 192 g/mol. The van der Waals surface area contributed by atoms with E-state index in [1.165, 1.54) is 0 Å². The van der Waals surface area contributed by atoms with Crippen LogP contribution in [0.25, 0.3) is 0 Å². The summed E-state index contributed by atoms with van der Waals surface area (Å²) in [5.74, 6) is 0.547. The van der Waals surface area contributed by atoms with E-state index in [9.17, 15) is 5.11 Å². The van der Waals surface area contributed by atoms with Crippen molar-refractivity contribution < 1.29 is 9.84 Å². The van der Waals surface area contributed by atoms with E-state index in [1.807, 2.05) is 13.8 Å². The molecule has 1 unspecified atom stereocenters. The van der Waals surface area contributed by atoms with Crippen LogP contribution in [-0.2, 0) is 5.60 Å². The lowest BCUT2D eigenvalue weighted by Gasteiger charge is -2.31. The van der Waals surface area contributed by atoms with Crippen LogP contribution in [0.15, 0.2) is 18.3 Å². The van der Waals surface area contributed by atoms with Crippen molar-refractivity contribution in [3.8, 4) is 5.75 Å². The molecule has 0 aliphatic carbocycles. The lowest BCUT2D eigenvalue weighted by Crippen LogP contribution is -2.41. The first-order valence-electron chi connectivity index (χ1n) is 4.98. The number of ether oxygens (including phenoxy) is 1. The standard InChI is InChI=1S/C11H18N2O2/c1-8(2)11(14,7-12)10-9(15-3)5-4-6-13-10/h4-6,8,14H,7,12H2,1-3H3. The van der Waals surface area contributed by atoms with Crippen molar-refractivity contribution in [2.45, 2.75) is 19.4 Å². The quantitative estimate of drug-likeness (QED) is 0.774. The topological polar surface area (TPSA) is 68.4 Å². The van der Waals surface area contributed by atoms with Crippen molar-refractivity contribution in [2.24, 2.45) is 11.7 Å². The molecule has 0 bridgehead atoms. The van der Waals surface area contributed by atoms with E-state index in [4.69, 9.17) is 10.5 Å². The summed E-state index contributed by atoms with van der Waals surface area (Å²) in [6.07, 6.45) is 1.63. The smallest absolute Gasteiger partial charge is 0.143 e. The van der Waals surface area contributed by atoms with Crippen LogP contribution in [0.1, 0.15) is 19.5 Å². The highest BCUT2D eigenvalue weighted by molar-refractivity contribution is 5.32. The Labute approximate surface area is 90.1 Å². The van der Waals surface area contributed by atoms with Crippen LogP contribution in [0.2, 0.25) is 0 Å². The first-order chi connectivity index (χ1) is 7.06. The minimum Gasteiger partial charge on any atom is -0.495 e. The first-order valence-corrected chi connectivity index (χ1v) is 4.98. The van der Waals surface area contributed by atoms with E-state index in [1.54, 1.807) is 25.4 Å². The molecule has 0 radical (unpaired) electrons. The third kappa shape index (κ3) is 2.11. The fourth-order valence-corrected chi connectivity index (χ4v) is 1.49. The summed E-state index contributed by atoms with van der Waals surface area (Å²) >= 11 is 0. The molecule has 15 heavy (non-hydrogen) atoms. The van der Waals surface area contributed by atoms with Gasteiger partial charge in [0.2, 0.25) is 0 Å². The second-order valence-electron chi connectivity index (χ2n) is 3.84. The van der Waals surface area contributed by atoms with Crippen LogP contribution >= 0.6 is 0 Å². The third-order valence-electron chi connectivity index (χ3n) is 2.67. The molecule has 0 aliphatic rings. The number of aromatic nitrogens is 1. The van der Waals surface area contributed by atoms with Gasteiger partial charge in [-0.2, -0.15) is 0 Å². The molecule has 0 saturated carbocycles. The minimum atomic E-state index is -1.13. The van der Waals surface area contributed by atoms with Crippen molar-refractivity contribution in [3.63, 3.8) is 0 Å². The zero-order valence-corrected chi connectivity index (χ0v) is 9.40. The number of nitrogens with zero attached hydrogens (tertiary/aromatic N) is 1. The summed E-state index contributed by atoms with van der Waals surface area (Å²) < 4.78 is 5.17. The molecule has 4 heteroatoms. The number of methoxy groups -OCH3 is 1. The van der Waals surface area contributed by atoms with E-state index in [0.29, 0.717) is 11.4 Å². The Morgan fingerprint density at radius 1 is 1.60 bits per heavy atom. The highest BCUT2D eigenvalue weighted by Crippen LogP contribution is 2.32. The monoisotopic (exact) mass is 210 g/mol. The van der Waals surface area contributed by atoms with Gasteiger partial charge in [0.1, 0.15) is 17.0 Å². The summed E-state index contributed by atoms with van der Waals surface area (Å²) in [4.78, 5) is 4.16. The number of hydrogen-bond donors (Lipinski definition) is 2. The fourth-order valence-electron chi connectivity index (χ4n) is 1.49. The maximum Gasteiger partial charge on any atom is 0.143 e. The Morgan fingerprint density at radius 2 is 2.27 bits per heavy atom. The molecule has 0 amide bonds. The van der Waals surface area contributed by atoms with Gasteiger partial charge in [0.25, 0.3) is 0 Å². The average molecular weight is 210 g/mol. The van der Waals surface area contributed by atoms with Crippen molar-refractivity contribution in [2.75, 3.05) is 13.7 Å². The largest absolute Gasteiger partial charge is 0.495 e. The van der Waals surface area contributed by atoms with Crippen molar-refractivity contribution in [3.05, 3.63) is 24.0 Å². The minimum absolute atomic E-state index is 0.0219. The summed E-state index contributed by atoms with van der Waals surface area (Å²) in [5.41, 5.74) is 4.99. The molecule has 1 atom stereocenters. The van der Waals surface area contributed by atoms with Gasteiger partial charge in [-0.3, -0.25) is 4.98 Å². The van der Waals surface area contributed by atoms with E-state index in [0.717, 1.165) is 0 Å². The summed E-state index contributed by atoms with van der Waals surface area (Å²) in [5, 5.41) is 10.4. The van der Waals surface area contributed by atoms with Crippen LogP contribution in [0.5, 0.6) is 5.75 Å². The molecule has 3 N–H and O–H groups in total. The normalized spacial score (nSPS) is 15.1. The van der Waals surface area contributed by atoms with Gasteiger partial charge in [-0.05, 0) is 18.1 Å². The Balaban J connectivity index is 3.23. The summed E-state index contributed by atoms with van der Waals surface area (Å²) in [7, 11) is 1.55. The zero-order chi connectivity index (χ0) is 11.5. The van der Waals surface area contributed by atoms with Crippen LogP contribution in [0, 0.1) is 5.92 Å². The Kier molecular flexibility index (Phi) is 3.66. The van der Waals surface area contributed by atoms with Crippen LogP contribution in [-0.4, -0.2) is 23.7 Å². The van der Waals surface area contributed by atoms with Gasteiger partial charge in [-0.1, -0.05) is 13.8 Å². The fraction of sp³-hybridized carbons (Fsp3) is 0.545. The Bertz CT molecular complexity index is 328. The van der Waals surface area contributed by atoms with E-state index >= 15 is 0 Å². The summed E-state index contributed by atoms with van der Waals surface area (Å²) in [6, 6.07) is 3.53. The number of nitrogens with two attached hydrogens (primary N) is 1. The zero-order valence-electron chi connectivity index (χ0n) is 9.40. The molecule has 1 heterocycles. The van der Waals surface area contributed by atoms with Gasteiger partial charge < -0.3 is 15.6 Å². The van der Waals surface area contributed by atoms with Crippen LogP contribution in [0.4, 0.5) is 0 Å². The van der Waals surface area contributed by atoms with E-state index < -0.39 is 5.60 Å². The Hall–Kier alpha value is -1.13. The van der Waals surface area contributed by atoms with Gasteiger partial charge in [0, 0.05) is 12.7 Å². The molecular formula is C11H18N2O2. The van der Waals surface area contributed by atoms with Crippen molar-refractivity contribution in [1.82, 2.24) is 4.98 Å². The molecule has 0 spiro atoms. The molecule has 1 rings (SSSR count). The maximum absolute atomic E-state index is 10.4. The maximum atomic E-state index is 10.4.